The summed E-state index contributed by atoms with van der Waals surface area (Å²) in [5.41, 5.74) is 3.40. The molecule has 0 fully saturated rings. The van der Waals surface area contributed by atoms with Gasteiger partial charge < -0.3 is 25.7 Å². The second-order valence-electron chi connectivity index (χ2n) is 9.35. The standard InChI is InChI=1S/C24H31N7O2/c1-14(28-23(32)33-5)13-27-22-26-11-9-18(29-22)20-19(30-21(31-20)24(2,3)4)16-6-7-17-15(12-16)8-10-25-17/h6-12,14-15,17,25H,13H2,1-5H3,(H,28,32)(H,30,31)(H,26,27,29)/t14-,15?,17?/m0/s1. The predicted octanol–water partition coefficient (Wildman–Crippen LogP) is 3.38. The molecule has 0 aromatic carbocycles. The Labute approximate surface area is 193 Å². The van der Waals surface area contributed by atoms with E-state index in [4.69, 9.17) is 9.97 Å². The first kappa shape index (κ1) is 22.6. The third kappa shape index (κ3) is 5.08. The Bertz CT molecular complexity index is 1110. The molecule has 4 N–H and O–H groups in total. The molecule has 2 aromatic heterocycles. The van der Waals surface area contributed by atoms with Crippen molar-refractivity contribution >= 4 is 17.6 Å². The third-order valence-corrected chi connectivity index (χ3v) is 5.59. The molecule has 9 nitrogen and oxygen atoms in total. The van der Waals surface area contributed by atoms with Crippen LogP contribution in [0.1, 0.15) is 39.2 Å². The van der Waals surface area contributed by atoms with Gasteiger partial charge in [-0.05, 0) is 24.8 Å². The monoisotopic (exact) mass is 449 g/mol. The van der Waals surface area contributed by atoms with E-state index in [1.54, 1.807) is 6.20 Å². The molecule has 2 unspecified atom stereocenters. The fraction of sp³-hybridized carbons (Fsp3) is 0.417. The van der Waals surface area contributed by atoms with Gasteiger partial charge in [0.25, 0.3) is 0 Å². The van der Waals surface area contributed by atoms with Crippen LogP contribution in [-0.4, -0.2) is 51.8 Å². The van der Waals surface area contributed by atoms with Gasteiger partial charge in [0, 0.05) is 30.1 Å². The smallest absolute Gasteiger partial charge is 0.407 e. The number of aromatic amines is 1. The van der Waals surface area contributed by atoms with E-state index in [1.807, 2.05) is 19.2 Å². The van der Waals surface area contributed by atoms with Crippen molar-refractivity contribution in [1.29, 1.82) is 0 Å². The Morgan fingerprint density at radius 2 is 2.09 bits per heavy atom. The summed E-state index contributed by atoms with van der Waals surface area (Å²) in [4.78, 5) is 28.9. The van der Waals surface area contributed by atoms with Gasteiger partial charge in [0.1, 0.15) is 5.82 Å². The first-order chi connectivity index (χ1) is 15.7. The van der Waals surface area contributed by atoms with Crippen molar-refractivity contribution in [3.8, 4) is 11.4 Å². The Kier molecular flexibility index (Phi) is 6.22. The lowest BCUT2D eigenvalue weighted by Crippen LogP contribution is -2.37. The van der Waals surface area contributed by atoms with Crippen LogP contribution in [0.5, 0.6) is 0 Å². The topological polar surface area (TPSA) is 117 Å². The lowest BCUT2D eigenvalue weighted by Gasteiger charge is -2.19. The van der Waals surface area contributed by atoms with Gasteiger partial charge >= 0.3 is 6.09 Å². The van der Waals surface area contributed by atoms with Gasteiger partial charge in [-0.1, -0.05) is 45.1 Å². The van der Waals surface area contributed by atoms with Crippen molar-refractivity contribution in [1.82, 2.24) is 30.6 Å². The van der Waals surface area contributed by atoms with Crippen LogP contribution in [0.15, 0.2) is 42.8 Å². The molecule has 0 spiro atoms. The first-order valence-electron chi connectivity index (χ1n) is 11.1. The summed E-state index contributed by atoms with van der Waals surface area (Å²) in [6, 6.07) is 2.02. The third-order valence-electron chi connectivity index (χ3n) is 5.59. The molecule has 3 heterocycles. The first-order valence-corrected chi connectivity index (χ1v) is 11.1. The van der Waals surface area contributed by atoms with Crippen LogP contribution in [0.25, 0.3) is 17.0 Å². The number of carbonyl (C=O) groups is 1. The summed E-state index contributed by atoms with van der Waals surface area (Å²) < 4.78 is 4.64. The van der Waals surface area contributed by atoms with Gasteiger partial charge in [0.2, 0.25) is 5.95 Å². The number of anilines is 1. The highest BCUT2D eigenvalue weighted by Crippen LogP contribution is 2.34. The number of fused-ring (bicyclic) bond motifs is 1. The number of aromatic nitrogens is 4. The average Bonchev–Trinajstić information content (AvgIpc) is 3.44. The SMILES string of the molecule is COC(=O)N[C@@H](C)CNc1nccc(-c2[nH]c(C(C)(C)C)nc2C2=CC3C=CNC3C=C2)n1. The molecule has 174 valence electrons. The molecular formula is C24H31N7O2. The minimum absolute atomic E-state index is 0.146. The predicted molar refractivity (Wildman–Crippen MR) is 128 cm³/mol. The molecule has 1 aliphatic heterocycles. The van der Waals surface area contributed by atoms with Gasteiger partial charge in [0.15, 0.2) is 0 Å². The van der Waals surface area contributed by atoms with E-state index in [0.29, 0.717) is 24.5 Å². The van der Waals surface area contributed by atoms with Gasteiger partial charge in [-0.2, -0.15) is 0 Å². The van der Waals surface area contributed by atoms with Gasteiger partial charge in [0.05, 0.1) is 30.2 Å². The average molecular weight is 450 g/mol. The van der Waals surface area contributed by atoms with Crippen LogP contribution in [0.4, 0.5) is 10.7 Å². The van der Waals surface area contributed by atoms with Crippen LogP contribution in [-0.2, 0) is 10.2 Å². The van der Waals surface area contributed by atoms with Crippen LogP contribution < -0.4 is 16.0 Å². The summed E-state index contributed by atoms with van der Waals surface area (Å²) in [6.45, 7) is 8.72. The van der Waals surface area contributed by atoms with E-state index in [1.165, 1.54) is 7.11 Å². The van der Waals surface area contributed by atoms with Crippen LogP contribution in [0.2, 0.25) is 0 Å². The number of rotatable bonds is 6. The second-order valence-corrected chi connectivity index (χ2v) is 9.35. The molecule has 9 heteroatoms. The highest BCUT2D eigenvalue weighted by molar-refractivity contribution is 5.82. The number of alkyl carbamates (subject to hydrolysis) is 1. The number of methoxy groups -OCH3 is 1. The zero-order valence-corrected chi connectivity index (χ0v) is 19.6. The van der Waals surface area contributed by atoms with E-state index in [2.05, 4.69) is 75.7 Å². The summed E-state index contributed by atoms with van der Waals surface area (Å²) in [6.07, 6.45) is 12.0. The van der Waals surface area contributed by atoms with E-state index in [0.717, 1.165) is 28.5 Å². The van der Waals surface area contributed by atoms with Crippen molar-refractivity contribution in [3.05, 3.63) is 54.3 Å². The molecular weight excluding hydrogens is 418 g/mol. The molecule has 3 atom stereocenters. The van der Waals surface area contributed by atoms with Crippen LogP contribution in [0, 0.1) is 5.92 Å². The highest BCUT2D eigenvalue weighted by atomic mass is 16.5. The lowest BCUT2D eigenvalue weighted by atomic mass is 9.91. The van der Waals surface area contributed by atoms with Crippen molar-refractivity contribution in [3.63, 3.8) is 0 Å². The quantitative estimate of drug-likeness (QED) is 0.534. The van der Waals surface area contributed by atoms with Gasteiger partial charge in [-0.15, -0.1) is 0 Å². The van der Waals surface area contributed by atoms with Crippen molar-refractivity contribution in [2.24, 2.45) is 5.92 Å². The zero-order chi connectivity index (χ0) is 23.6. The van der Waals surface area contributed by atoms with Crippen molar-refractivity contribution < 1.29 is 9.53 Å². The molecule has 0 radical (unpaired) electrons. The molecule has 0 bridgehead atoms. The largest absolute Gasteiger partial charge is 0.453 e. The molecule has 2 aliphatic rings. The molecule has 2 aromatic rings. The minimum atomic E-state index is -0.473. The fourth-order valence-corrected chi connectivity index (χ4v) is 3.74. The van der Waals surface area contributed by atoms with E-state index in [-0.39, 0.29) is 11.5 Å². The molecule has 33 heavy (non-hydrogen) atoms. The Balaban J connectivity index is 1.63. The molecule has 4 rings (SSSR count). The number of hydrogen-bond acceptors (Lipinski definition) is 7. The number of hydrogen-bond donors (Lipinski definition) is 4. The second kappa shape index (κ2) is 9.09. The Morgan fingerprint density at radius 3 is 2.85 bits per heavy atom. The number of imidazole rings is 1. The summed E-state index contributed by atoms with van der Waals surface area (Å²) in [5.74, 6) is 1.67. The zero-order valence-electron chi connectivity index (χ0n) is 19.6. The number of allylic oxidation sites excluding steroid dienone is 2. The van der Waals surface area contributed by atoms with E-state index < -0.39 is 6.09 Å². The molecule has 0 saturated carbocycles. The van der Waals surface area contributed by atoms with E-state index in [9.17, 15) is 4.79 Å². The van der Waals surface area contributed by atoms with Crippen molar-refractivity contribution in [2.45, 2.75) is 45.2 Å². The van der Waals surface area contributed by atoms with Crippen molar-refractivity contribution in [2.75, 3.05) is 19.0 Å². The maximum Gasteiger partial charge on any atom is 0.407 e. The molecule has 0 saturated heterocycles. The highest BCUT2D eigenvalue weighted by Gasteiger charge is 2.27. The fourth-order valence-electron chi connectivity index (χ4n) is 3.74. The lowest BCUT2D eigenvalue weighted by molar-refractivity contribution is 0.168. The summed E-state index contributed by atoms with van der Waals surface area (Å²) in [5, 5.41) is 9.24. The molecule has 1 aliphatic carbocycles. The van der Waals surface area contributed by atoms with Gasteiger partial charge in [-0.25, -0.2) is 19.7 Å². The minimum Gasteiger partial charge on any atom is -0.453 e. The number of H-pyrrole nitrogens is 1. The molecule has 1 amide bonds. The number of carbonyl (C=O) groups excluding carboxylic acids is 1. The normalized spacial score (nSPS) is 20.0. The number of nitrogens with zero attached hydrogens (tertiary/aromatic N) is 3. The van der Waals surface area contributed by atoms with Gasteiger partial charge in [-0.3, -0.25) is 0 Å². The maximum atomic E-state index is 11.4. The number of ether oxygens (including phenoxy) is 1. The summed E-state index contributed by atoms with van der Waals surface area (Å²) in [7, 11) is 1.34. The van der Waals surface area contributed by atoms with E-state index >= 15 is 0 Å². The summed E-state index contributed by atoms with van der Waals surface area (Å²) >= 11 is 0. The van der Waals surface area contributed by atoms with Crippen LogP contribution >= 0.6 is 0 Å². The number of amides is 1. The van der Waals surface area contributed by atoms with Crippen LogP contribution in [0.3, 0.4) is 0 Å². The maximum absolute atomic E-state index is 11.4. The number of nitrogens with one attached hydrogen (secondary N) is 4. The Hall–Kier alpha value is -3.62. The Morgan fingerprint density at radius 1 is 1.27 bits per heavy atom.